The van der Waals surface area contributed by atoms with Crippen LogP contribution in [0.5, 0.6) is 0 Å². The number of sulfonamides is 1. The Morgan fingerprint density at radius 1 is 1.12 bits per heavy atom. The van der Waals surface area contributed by atoms with Gasteiger partial charge in [0.05, 0.1) is 5.69 Å². The van der Waals surface area contributed by atoms with Gasteiger partial charge in [0.2, 0.25) is 10.0 Å². The van der Waals surface area contributed by atoms with Crippen molar-refractivity contribution in [2.24, 2.45) is 0 Å². The van der Waals surface area contributed by atoms with Gasteiger partial charge in [-0.1, -0.05) is 18.2 Å². The smallest absolute Gasteiger partial charge is 0.244 e. The van der Waals surface area contributed by atoms with Crippen LogP contribution in [0.1, 0.15) is 13.3 Å². The van der Waals surface area contributed by atoms with E-state index in [1.807, 2.05) is 18.2 Å². The second-order valence-corrected chi connectivity index (χ2v) is 7.59. The Morgan fingerprint density at radius 2 is 1.83 bits per heavy atom. The minimum absolute atomic E-state index is 0.125. The second-order valence-electron chi connectivity index (χ2n) is 5.55. The normalized spacial score (nSPS) is 11.6. The molecule has 24 heavy (non-hydrogen) atoms. The summed E-state index contributed by atoms with van der Waals surface area (Å²) in [5, 5.41) is 0. The van der Waals surface area contributed by atoms with Gasteiger partial charge in [-0.25, -0.2) is 12.7 Å². The quantitative estimate of drug-likeness (QED) is 0.791. The Bertz CT molecular complexity index is 750. The first-order chi connectivity index (χ1) is 11.4. The fourth-order valence-electron chi connectivity index (χ4n) is 2.47. The van der Waals surface area contributed by atoms with E-state index in [0.717, 1.165) is 25.2 Å². The molecule has 1 aromatic heterocycles. The molecule has 6 nitrogen and oxygen atoms in total. The summed E-state index contributed by atoms with van der Waals surface area (Å²) in [5.41, 5.74) is 7.11. The molecular weight excluding hydrogens is 324 g/mol. The number of anilines is 2. The van der Waals surface area contributed by atoms with Gasteiger partial charge in [0.1, 0.15) is 4.90 Å². The monoisotopic (exact) mass is 348 g/mol. The maximum Gasteiger partial charge on any atom is 0.244 e. The molecule has 2 N–H and O–H groups in total. The zero-order valence-corrected chi connectivity index (χ0v) is 14.9. The predicted octanol–water partition coefficient (Wildman–Crippen LogP) is 2.20. The van der Waals surface area contributed by atoms with Crippen molar-refractivity contribution < 1.29 is 8.42 Å². The van der Waals surface area contributed by atoms with Crippen LogP contribution >= 0.6 is 0 Å². The van der Waals surface area contributed by atoms with Crippen LogP contribution in [0.15, 0.2) is 53.7 Å². The zero-order valence-electron chi connectivity index (χ0n) is 14.1. The fourth-order valence-corrected chi connectivity index (χ4v) is 3.68. The van der Waals surface area contributed by atoms with E-state index in [2.05, 4.69) is 28.9 Å². The summed E-state index contributed by atoms with van der Waals surface area (Å²) < 4.78 is 26.4. The van der Waals surface area contributed by atoms with Gasteiger partial charge >= 0.3 is 0 Å². The van der Waals surface area contributed by atoms with E-state index < -0.39 is 10.0 Å². The Labute approximate surface area is 144 Å². The van der Waals surface area contributed by atoms with Gasteiger partial charge in [-0.15, -0.1) is 0 Å². The Balaban J connectivity index is 1.96. The van der Waals surface area contributed by atoms with E-state index in [9.17, 15) is 8.42 Å². The van der Waals surface area contributed by atoms with E-state index in [4.69, 9.17) is 5.73 Å². The number of nitrogens with zero attached hydrogens (tertiary/aromatic N) is 3. The summed E-state index contributed by atoms with van der Waals surface area (Å²) in [7, 11) is -1.98. The molecular formula is C17H24N4O2S. The number of rotatable bonds is 8. The summed E-state index contributed by atoms with van der Waals surface area (Å²) in [5.74, 6) is 0. The number of benzene rings is 1. The SMILES string of the molecule is CCN(CCCN(C)S(=O)(=O)c1cncc(N)c1)c1ccccc1. The van der Waals surface area contributed by atoms with Crippen molar-refractivity contribution >= 4 is 21.4 Å². The molecule has 0 saturated carbocycles. The van der Waals surface area contributed by atoms with Crippen LogP contribution in [0, 0.1) is 0 Å². The van der Waals surface area contributed by atoms with Crippen molar-refractivity contribution in [3.63, 3.8) is 0 Å². The molecule has 0 amide bonds. The molecule has 0 aliphatic rings. The molecule has 0 saturated heterocycles. The predicted molar refractivity (Wildman–Crippen MR) is 97.4 cm³/mol. The van der Waals surface area contributed by atoms with Crippen molar-refractivity contribution in [3.05, 3.63) is 48.8 Å². The summed E-state index contributed by atoms with van der Waals surface area (Å²) >= 11 is 0. The molecule has 0 spiro atoms. The van der Waals surface area contributed by atoms with Crippen molar-refractivity contribution in [2.75, 3.05) is 37.3 Å². The summed E-state index contributed by atoms with van der Waals surface area (Å²) in [6, 6.07) is 11.5. The van der Waals surface area contributed by atoms with Gasteiger partial charge in [0.25, 0.3) is 0 Å². The maximum atomic E-state index is 12.5. The molecule has 0 atom stereocenters. The van der Waals surface area contributed by atoms with Crippen molar-refractivity contribution in [3.8, 4) is 0 Å². The number of para-hydroxylation sites is 1. The lowest BCUT2D eigenvalue weighted by Crippen LogP contribution is -2.31. The van der Waals surface area contributed by atoms with Crippen molar-refractivity contribution in [1.29, 1.82) is 0 Å². The Kier molecular flexibility index (Phi) is 6.16. The topological polar surface area (TPSA) is 79.5 Å². The summed E-state index contributed by atoms with van der Waals surface area (Å²) in [4.78, 5) is 6.21. The van der Waals surface area contributed by atoms with E-state index >= 15 is 0 Å². The fraction of sp³-hybridized carbons (Fsp3) is 0.353. The number of pyridine rings is 1. The third-order valence-corrected chi connectivity index (χ3v) is 5.67. The molecule has 0 fully saturated rings. The molecule has 130 valence electrons. The number of hydrogen-bond acceptors (Lipinski definition) is 5. The number of hydrogen-bond donors (Lipinski definition) is 1. The molecule has 1 aromatic carbocycles. The molecule has 1 heterocycles. The molecule has 0 radical (unpaired) electrons. The van der Waals surface area contributed by atoms with Crippen LogP contribution in [0.4, 0.5) is 11.4 Å². The standard InChI is InChI=1S/C17H24N4O2S/c1-3-21(16-8-5-4-6-9-16)11-7-10-20(2)24(22,23)17-12-15(18)13-19-14-17/h4-6,8-9,12-14H,3,7,10-11,18H2,1-2H3. The maximum absolute atomic E-state index is 12.5. The number of aromatic nitrogens is 1. The van der Waals surface area contributed by atoms with E-state index in [0.29, 0.717) is 12.2 Å². The van der Waals surface area contributed by atoms with E-state index in [1.165, 1.54) is 22.8 Å². The van der Waals surface area contributed by atoms with Crippen LogP contribution in [0.25, 0.3) is 0 Å². The van der Waals surface area contributed by atoms with Gasteiger partial charge in [-0.2, -0.15) is 0 Å². The highest BCUT2D eigenvalue weighted by Gasteiger charge is 2.21. The first-order valence-corrected chi connectivity index (χ1v) is 9.36. The number of nitrogen functional groups attached to an aromatic ring is 1. The first kappa shape index (κ1) is 18.2. The molecule has 2 aromatic rings. The van der Waals surface area contributed by atoms with Crippen LogP contribution in [0.2, 0.25) is 0 Å². The largest absolute Gasteiger partial charge is 0.397 e. The third kappa shape index (κ3) is 4.46. The van der Waals surface area contributed by atoms with Crippen LogP contribution in [-0.4, -0.2) is 44.4 Å². The zero-order chi connectivity index (χ0) is 17.6. The summed E-state index contributed by atoms with van der Waals surface area (Å²) in [6.45, 7) is 4.18. The first-order valence-electron chi connectivity index (χ1n) is 7.92. The molecule has 2 rings (SSSR count). The highest BCUT2D eigenvalue weighted by Crippen LogP contribution is 2.17. The Hall–Kier alpha value is -2.12. The molecule has 0 aliphatic heterocycles. The number of nitrogens with two attached hydrogens (primary N) is 1. The van der Waals surface area contributed by atoms with E-state index in [1.54, 1.807) is 7.05 Å². The van der Waals surface area contributed by atoms with Gasteiger partial charge in [-0.05, 0) is 31.5 Å². The average molecular weight is 348 g/mol. The third-order valence-electron chi connectivity index (χ3n) is 3.85. The van der Waals surface area contributed by atoms with Gasteiger partial charge in [0.15, 0.2) is 0 Å². The Morgan fingerprint density at radius 3 is 2.46 bits per heavy atom. The highest BCUT2D eigenvalue weighted by atomic mass is 32.2. The molecule has 0 bridgehead atoms. The lowest BCUT2D eigenvalue weighted by molar-refractivity contribution is 0.461. The second kappa shape index (κ2) is 8.12. The lowest BCUT2D eigenvalue weighted by Gasteiger charge is -2.24. The van der Waals surface area contributed by atoms with Crippen LogP contribution in [0.3, 0.4) is 0 Å². The lowest BCUT2D eigenvalue weighted by atomic mass is 10.2. The molecule has 0 aliphatic carbocycles. The van der Waals surface area contributed by atoms with E-state index in [-0.39, 0.29) is 4.90 Å². The van der Waals surface area contributed by atoms with Crippen LogP contribution < -0.4 is 10.6 Å². The van der Waals surface area contributed by atoms with Gasteiger partial charge in [-0.3, -0.25) is 4.98 Å². The summed E-state index contributed by atoms with van der Waals surface area (Å²) in [6.07, 6.45) is 3.48. The van der Waals surface area contributed by atoms with Gasteiger partial charge < -0.3 is 10.6 Å². The van der Waals surface area contributed by atoms with Crippen molar-refractivity contribution in [2.45, 2.75) is 18.2 Å². The molecule has 7 heteroatoms. The average Bonchev–Trinajstić information content (AvgIpc) is 2.59. The minimum atomic E-state index is -3.56. The van der Waals surface area contributed by atoms with Gasteiger partial charge in [0, 0.05) is 44.8 Å². The van der Waals surface area contributed by atoms with Crippen LogP contribution in [-0.2, 0) is 10.0 Å². The minimum Gasteiger partial charge on any atom is -0.397 e. The highest BCUT2D eigenvalue weighted by molar-refractivity contribution is 7.89. The molecule has 0 unspecified atom stereocenters. The van der Waals surface area contributed by atoms with Crippen molar-refractivity contribution in [1.82, 2.24) is 9.29 Å².